The second-order valence-electron chi connectivity index (χ2n) is 4.44. The van der Waals surface area contributed by atoms with E-state index < -0.39 is 6.09 Å². The Morgan fingerprint density at radius 3 is 2.61 bits per heavy atom. The number of nitriles is 1. The van der Waals surface area contributed by atoms with Crippen LogP contribution in [0.3, 0.4) is 0 Å². The SMILES string of the molecule is N#Cc1ccc([C@@H]2CN(C(=O)O)C[C@H]2CBr)cc1. The summed E-state index contributed by atoms with van der Waals surface area (Å²) in [6.07, 6.45) is -0.864. The van der Waals surface area contributed by atoms with Crippen molar-refractivity contribution in [2.75, 3.05) is 18.4 Å². The van der Waals surface area contributed by atoms with Crippen molar-refractivity contribution >= 4 is 22.0 Å². The number of halogens is 1. The van der Waals surface area contributed by atoms with Crippen LogP contribution in [0.5, 0.6) is 0 Å². The molecule has 94 valence electrons. The number of amides is 1. The zero-order valence-corrected chi connectivity index (χ0v) is 11.3. The van der Waals surface area contributed by atoms with Crippen LogP contribution in [-0.4, -0.2) is 34.5 Å². The van der Waals surface area contributed by atoms with Gasteiger partial charge in [-0.15, -0.1) is 0 Å². The maximum Gasteiger partial charge on any atom is 0.407 e. The number of alkyl halides is 1. The van der Waals surface area contributed by atoms with Gasteiger partial charge in [0.15, 0.2) is 0 Å². The summed E-state index contributed by atoms with van der Waals surface area (Å²) >= 11 is 3.45. The number of likely N-dealkylation sites (tertiary alicyclic amines) is 1. The van der Waals surface area contributed by atoms with Crippen LogP contribution in [0, 0.1) is 17.2 Å². The van der Waals surface area contributed by atoms with Crippen molar-refractivity contribution < 1.29 is 9.90 Å². The Labute approximate surface area is 114 Å². The lowest BCUT2D eigenvalue weighted by atomic mass is 9.90. The Kier molecular flexibility index (Phi) is 3.87. The molecule has 0 radical (unpaired) electrons. The van der Waals surface area contributed by atoms with Gasteiger partial charge in [-0.25, -0.2) is 4.79 Å². The van der Waals surface area contributed by atoms with Crippen molar-refractivity contribution in [1.82, 2.24) is 4.90 Å². The predicted molar refractivity (Wildman–Crippen MR) is 70.8 cm³/mol. The van der Waals surface area contributed by atoms with Crippen molar-refractivity contribution in [3.05, 3.63) is 35.4 Å². The Morgan fingerprint density at radius 2 is 2.11 bits per heavy atom. The first-order chi connectivity index (χ1) is 8.65. The Bertz CT molecular complexity index is 481. The highest BCUT2D eigenvalue weighted by Crippen LogP contribution is 2.33. The third-order valence-electron chi connectivity index (χ3n) is 3.38. The third kappa shape index (κ3) is 2.49. The second-order valence-corrected chi connectivity index (χ2v) is 5.09. The van der Waals surface area contributed by atoms with Crippen LogP contribution in [0.25, 0.3) is 0 Å². The van der Waals surface area contributed by atoms with E-state index in [1.165, 1.54) is 4.90 Å². The fourth-order valence-electron chi connectivity index (χ4n) is 2.37. The molecule has 1 aromatic rings. The molecule has 0 spiro atoms. The fourth-order valence-corrected chi connectivity index (χ4v) is 3.02. The molecule has 5 heteroatoms. The Morgan fingerprint density at radius 1 is 1.44 bits per heavy atom. The van der Waals surface area contributed by atoms with Gasteiger partial charge in [-0.2, -0.15) is 5.26 Å². The van der Waals surface area contributed by atoms with Gasteiger partial charge in [0, 0.05) is 24.3 Å². The van der Waals surface area contributed by atoms with Gasteiger partial charge >= 0.3 is 6.09 Å². The van der Waals surface area contributed by atoms with E-state index in [2.05, 4.69) is 22.0 Å². The van der Waals surface area contributed by atoms with Gasteiger partial charge in [-0.1, -0.05) is 28.1 Å². The summed E-state index contributed by atoms with van der Waals surface area (Å²) in [5.41, 5.74) is 1.73. The monoisotopic (exact) mass is 308 g/mol. The minimum absolute atomic E-state index is 0.202. The molecule has 0 aliphatic carbocycles. The zero-order chi connectivity index (χ0) is 13.1. The van der Waals surface area contributed by atoms with Crippen molar-refractivity contribution in [2.24, 2.45) is 5.92 Å². The maximum atomic E-state index is 11.0. The molecule has 1 fully saturated rings. The summed E-state index contributed by atoms with van der Waals surface area (Å²) in [4.78, 5) is 12.5. The molecule has 0 aromatic heterocycles. The minimum atomic E-state index is -0.864. The summed E-state index contributed by atoms with van der Waals surface area (Å²) in [5, 5.41) is 18.6. The summed E-state index contributed by atoms with van der Waals surface area (Å²) in [6, 6.07) is 9.49. The van der Waals surface area contributed by atoms with Gasteiger partial charge in [0.05, 0.1) is 11.6 Å². The highest BCUT2D eigenvalue weighted by molar-refractivity contribution is 9.09. The largest absolute Gasteiger partial charge is 0.465 e. The molecule has 1 N–H and O–H groups in total. The minimum Gasteiger partial charge on any atom is -0.465 e. The second kappa shape index (κ2) is 5.40. The van der Waals surface area contributed by atoms with E-state index in [0.29, 0.717) is 18.7 Å². The van der Waals surface area contributed by atoms with Gasteiger partial charge in [0.2, 0.25) is 0 Å². The van der Waals surface area contributed by atoms with Crippen LogP contribution in [0.2, 0.25) is 0 Å². The molecule has 2 rings (SSSR count). The van der Waals surface area contributed by atoms with Gasteiger partial charge in [-0.3, -0.25) is 0 Å². The summed E-state index contributed by atoms with van der Waals surface area (Å²) in [5.74, 6) is 0.488. The standard InChI is InChI=1S/C13H13BrN2O2/c14-5-11-7-16(13(17)18)8-12(11)10-3-1-9(6-15)2-4-10/h1-4,11-12H,5,7-8H2,(H,17,18)/t11-,12+/m1/s1. The highest BCUT2D eigenvalue weighted by Gasteiger charge is 2.35. The van der Waals surface area contributed by atoms with E-state index in [1.807, 2.05) is 12.1 Å². The van der Waals surface area contributed by atoms with E-state index in [0.717, 1.165) is 10.9 Å². The lowest BCUT2D eigenvalue weighted by Crippen LogP contribution is -2.27. The Balaban J connectivity index is 2.20. The molecule has 1 aliphatic rings. The molecule has 1 heterocycles. The molecule has 2 atom stereocenters. The van der Waals surface area contributed by atoms with Crippen LogP contribution in [0.1, 0.15) is 17.0 Å². The van der Waals surface area contributed by atoms with Gasteiger partial charge < -0.3 is 10.0 Å². The lowest BCUT2D eigenvalue weighted by Gasteiger charge is -2.15. The number of carbonyl (C=O) groups is 1. The van der Waals surface area contributed by atoms with E-state index in [4.69, 9.17) is 10.4 Å². The van der Waals surface area contributed by atoms with E-state index >= 15 is 0 Å². The number of rotatable bonds is 2. The quantitative estimate of drug-likeness (QED) is 0.854. The topological polar surface area (TPSA) is 64.3 Å². The van der Waals surface area contributed by atoms with Crippen LogP contribution in [0.4, 0.5) is 4.79 Å². The number of nitrogens with zero attached hydrogens (tertiary/aromatic N) is 2. The molecule has 0 bridgehead atoms. The number of carboxylic acid groups (broad SMARTS) is 1. The van der Waals surface area contributed by atoms with Crippen LogP contribution >= 0.6 is 15.9 Å². The number of hydrogen-bond acceptors (Lipinski definition) is 2. The molecule has 18 heavy (non-hydrogen) atoms. The first-order valence-electron chi connectivity index (χ1n) is 5.69. The maximum absolute atomic E-state index is 11.0. The normalized spacial score (nSPS) is 22.8. The van der Waals surface area contributed by atoms with Crippen LogP contribution in [-0.2, 0) is 0 Å². The van der Waals surface area contributed by atoms with Crippen LogP contribution in [0.15, 0.2) is 24.3 Å². The summed E-state index contributed by atoms with van der Waals surface area (Å²) in [6.45, 7) is 1.09. The molecule has 1 aliphatic heterocycles. The molecule has 0 unspecified atom stereocenters. The van der Waals surface area contributed by atoms with Gasteiger partial charge in [0.1, 0.15) is 0 Å². The van der Waals surface area contributed by atoms with E-state index in [-0.39, 0.29) is 11.8 Å². The lowest BCUT2D eigenvalue weighted by molar-refractivity contribution is 0.154. The molecule has 1 amide bonds. The van der Waals surface area contributed by atoms with Crippen molar-refractivity contribution in [3.8, 4) is 6.07 Å². The molecular formula is C13H13BrN2O2. The number of benzene rings is 1. The number of hydrogen-bond donors (Lipinski definition) is 1. The van der Waals surface area contributed by atoms with E-state index in [9.17, 15) is 4.79 Å². The molecule has 0 saturated carbocycles. The first-order valence-corrected chi connectivity index (χ1v) is 6.81. The average molecular weight is 309 g/mol. The Hall–Kier alpha value is -1.54. The molecule has 4 nitrogen and oxygen atoms in total. The molecular weight excluding hydrogens is 296 g/mol. The zero-order valence-electron chi connectivity index (χ0n) is 9.71. The fraction of sp³-hybridized carbons (Fsp3) is 0.385. The van der Waals surface area contributed by atoms with Crippen LogP contribution < -0.4 is 0 Å². The van der Waals surface area contributed by atoms with Gasteiger partial charge in [0.25, 0.3) is 0 Å². The predicted octanol–water partition coefficient (Wildman–Crippen LogP) is 2.65. The highest BCUT2D eigenvalue weighted by atomic mass is 79.9. The summed E-state index contributed by atoms with van der Waals surface area (Å²) in [7, 11) is 0. The van der Waals surface area contributed by atoms with Crippen molar-refractivity contribution in [3.63, 3.8) is 0 Å². The smallest absolute Gasteiger partial charge is 0.407 e. The first kappa shape index (κ1) is 12.9. The molecule has 1 saturated heterocycles. The molecule has 1 aromatic carbocycles. The summed E-state index contributed by atoms with van der Waals surface area (Å²) < 4.78 is 0. The van der Waals surface area contributed by atoms with Crippen molar-refractivity contribution in [2.45, 2.75) is 5.92 Å². The third-order valence-corrected chi connectivity index (χ3v) is 4.21. The average Bonchev–Trinajstić information content (AvgIpc) is 2.83. The van der Waals surface area contributed by atoms with Crippen molar-refractivity contribution in [1.29, 1.82) is 5.26 Å². The van der Waals surface area contributed by atoms with Gasteiger partial charge in [-0.05, 0) is 23.6 Å². The van der Waals surface area contributed by atoms with E-state index in [1.54, 1.807) is 12.1 Å².